The Bertz CT molecular complexity index is 806. The first kappa shape index (κ1) is 20.4. The molecule has 0 aliphatic heterocycles. The van der Waals surface area contributed by atoms with Gasteiger partial charge in [-0.3, -0.25) is 14.9 Å². The van der Waals surface area contributed by atoms with Gasteiger partial charge in [0.2, 0.25) is 0 Å². The lowest BCUT2D eigenvalue weighted by Gasteiger charge is -2.19. The van der Waals surface area contributed by atoms with Gasteiger partial charge < -0.3 is 15.4 Å². The predicted octanol–water partition coefficient (Wildman–Crippen LogP) is 2.81. The van der Waals surface area contributed by atoms with Crippen molar-refractivity contribution in [2.45, 2.75) is 26.8 Å². The highest BCUT2D eigenvalue weighted by Crippen LogP contribution is 2.32. The number of anilines is 1. The van der Waals surface area contributed by atoms with Crippen LogP contribution in [0.2, 0.25) is 0 Å². The molecule has 3 N–H and O–H groups in total. The SMILES string of the molecule is COc1cc(NC(=O)C[NH2+][C@H](c2ccccc2)C(C)C)c(C)cc1[N+](=O)[O-]. The van der Waals surface area contributed by atoms with Crippen molar-refractivity contribution in [2.24, 2.45) is 5.92 Å². The summed E-state index contributed by atoms with van der Waals surface area (Å²) in [7, 11) is 1.37. The van der Waals surface area contributed by atoms with Crippen molar-refractivity contribution in [1.82, 2.24) is 0 Å². The van der Waals surface area contributed by atoms with E-state index in [2.05, 4.69) is 31.3 Å². The van der Waals surface area contributed by atoms with E-state index in [0.29, 0.717) is 17.2 Å². The van der Waals surface area contributed by atoms with Crippen LogP contribution >= 0.6 is 0 Å². The van der Waals surface area contributed by atoms with Gasteiger partial charge in [-0.1, -0.05) is 44.2 Å². The van der Waals surface area contributed by atoms with Gasteiger partial charge in [0.15, 0.2) is 12.3 Å². The van der Waals surface area contributed by atoms with Gasteiger partial charge in [-0.2, -0.15) is 0 Å². The zero-order chi connectivity index (χ0) is 20.0. The number of amides is 1. The molecule has 1 atom stereocenters. The van der Waals surface area contributed by atoms with E-state index < -0.39 is 4.92 Å². The Morgan fingerprint density at radius 2 is 1.93 bits per heavy atom. The van der Waals surface area contributed by atoms with E-state index in [4.69, 9.17) is 4.74 Å². The first-order valence-electron chi connectivity index (χ1n) is 8.84. The van der Waals surface area contributed by atoms with E-state index in [-0.39, 0.29) is 29.9 Å². The highest BCUT2D eigenvalue weighted by Gasteiger charge is 2.22. The molecular formula is C20H26N3O4+. The molecule has 144 valence electrons. The van der Waals surface area contributed by atoms with Crippen LogP contribution in [0.1, 0.15) is 31.0 Å². The van der Waals surface area contributed by atoms with Crippen molar-refractivity contribution in [1.29, 1.82) is 0 Å². The lowest BCUT2D eigenvalue weighted by Crippen LogP contribution is -2.88. The number of nitro benzene ring substituents is 1. The van der Waals surface area contributed by atoms with Gasteiger partial charge in [0.1, 0.15) is 6.04 Å². The van der Waals surface area contributed by atoms with E-state index in [0.717, 1.165) is 0 Å². The molecule has 0 aromatic heterocycles. The van der Waals surface area contributed by atoms with Gasteiger partial charge in [-0.25, -0.2) is 0 Å². The summed E-state index contributed by atoms with van der Waals surface area (Å²) in [4.78, 5) is 23.0. The summed E-state index contributed by atoms with van der Waals surface area (Å²) in [6.07, 6.45) is 0. The fraction of sp³-hybridized carbons (Fsp3) is 0.350. The summed E-state index contributed by atoms with van der Waals surface area (Å²) in [5.74, 6) is 0.311. The van der Waals surface area contributed by atoms with Crippen molar-refractivity contribution in [3.63, 3.8) is 0 Å². The molecule has 27 heavy (non-hydrogen) atoms. The minimum atomic E-state index is -0.502. The van der Waals surface area contributed by atoms with E-state index in [9.17, 15) is 14.9 Å². The molecule has 1 amide bonds. The fourth-order valence-corrected chi connectivity index (χ4v) is 3.02. The molecule has 0 aliphatic rings. The number of nitro groups is 1. The highest BCUT2D eigenvalue weighted by molar-refractivity contribution is 5.92. The largest absolute Gasteiger partial charge is 0.490 e. The number of quaternary nitrogens is 1. The number of nitrogens with two attached hydrogens (primary N) is 1. The topological polar surface area (TPSA) is 98.1 Å². The molecular weight excluding hydrogens is 346 g/mol. The lowest BCUT2D eigenvalue weighted by molar-refractivity contribution is -0.692. The van der Waals surface area contributed by atoms with Crippen LogP contribution in [0.4, 0.5) is 11.4 Å². The smallest absolute Gasteiger partial charge is 0.311 e. The van der Waals surface area contributed by atoms with Crippen molar-refractivity contribution in [3.8, 4) is 5.75 Å². The molecule has 2 rings (SSSR count). The van der Waals surface area contributed by atoms with Crippen molar-refractivity contribution in [2.75, 3.05) is 19.0 Å². The van der Waals surface area contributed by atoms with Crippen LogP contribution in [0.15, 0.2) is 42.5 Å². The van der Waals surface area contributed by atoms with Crippen LogP contribution < -0.4 is 15.4 Å². The second kappa shape index (κ2) is 9.14. The molecule has 7 heteroatoms. The molecule has 0 heterocycles. The quantitative estimate of drug-likeness (QED) is 0.550. The third-order valence-corrected chi connectivity index (χ3v) is 4.46. The average Bonchev–Trinajstić information content (AvgIpc) is 2.63. The number of methoxy groups -OCH3 is 1. The van der Waals surface area contributed by atoms with Crippen LogP contribution in [0.5, 0.6) is 5.75 Å². The summed E-state index contributed by atoms with van der Waals surface area (Å²) in [5, 5.41) is 15.9. The van der Waals surface area contributed by atoms with Crippen LogP contribution in [0.25, 0.3) is 0 Å². The maximum Gasteiger partial charge on any atom is 0.311 e. The number of nitrogens with zero attached hydrogens (tertiary/aromatic N) is 1. The van der Waals surface area contributed by atoms with E-state index in [1.165, 1.54) is 24.8 Å². The molecule has 2 aromatic carbocycles. The van der Waals surface area contributed by atoms with Gasteiger partial charge in [-0.05, 0) is 12.5 Å². The molecule has 0 saturated heterocycles. The summed E-state index contributed by atoms with van der Waals surface area (Å²) < 4.78 is 5.07. The predicted molar refractivity (Wildman–Crippen MR) is 104 cm³/mol. The van der Waals surface area contributed by atoms with Crippen molar-refractivity contribution < 1.29 is 19.8 Å². The maximum absolute atomic E-state index is 12.4. The minimum Gasteiger partial charge on any atom is -0.490 e. The van der Waals surface area contributed by atoms with Gasteiger partial charge in [0, 0.05) is 29.3 Å². The minimum absolute atomic E-state index is 0.120. The lowest BCUT2D eigenvalue weighted by atomic mass is 9.96. The summed E-state index contributed by atoms with van der Waals surface area (Å²) in [6, 6.07) is 13.1. The van der Waals surface area contributed by atoms with Gasteiger partial charge in [0.25, 0.3) is 5.91 Å². The summed E-state index contributed by atoms with van der Waals surface area (Å²) in [6.45, 7) is 6.21. The number of benzene rings is 2. The Labute approximate surface area is 158 Å². The number of hydrogen-bond donors (Lipinski definition) is 2. The number of ether oxygens (including phenoxy) is 1. The fourth-order valence-electron chi connectivity index (χ4n) is 3.02. The molecule has 0 unspecified atom stereocenters. The van der Waals surface area contributed by atoms with Crippen LogP contribution in [0.3, 0.4) is 0 Å². The van der Waals surface area contributed by atoms with Crippen molar-refractivity contribution >= 4 is 17.3 Å². The van der Waals surface area contributed by atoms with Gasteiger partial charge in [-0.15, -0.1) is 0 Å². The van der Waals surface area contributed by atoms with Crippen LogP contribution in [0, 0.1) is 23.0 Å². The number of carbonyl (C=O) groups excluding carboxylic acids is 1. The zero-order valence-corrected chi connectivity index (χ0v) is 16.1. The highest BCUT2D eigenvalue weighted by atomic mass is 16.6. The normalized spacial score (nSPS) is 11.9. The second-order valence-corrected chi connectivity index (χ2v) is 6.76. The molecule has 0 bridgehead atoms. The Morgan fingerprint density at radius 3 is 2.48 bits per heavy atom. The molecule has 0 saturated carbocycles. The van der Waals surface area contributed by atoms with Crippen LogP contribution in [-0.2, 0) is 4.79 Å². The number of hydrogen-bond acceptors (Lipinski definition) is 4. The van der Waals surface area contributed by atoms with Gasteiger partial charge >= 0.3 is 5.69 Å². The average molecular weight is 372 g/mol. The molecule has 0 radical (unpaired) electrons. The Morgan fingerprint density at radius 1 is 1.26 bits per heavy atom. The first-order chi connectivity index (χ1) is 12.8. The number of rotatable bonds is 8. The maximum atomic E-state index is 12.4. The van der Waals surface area contributed by atoms with E-state index >= 15 is 0 Å². The van der Waals surface area contributed by atoms with Gasteiger partial charge in [0.05, 0.1) is 12.0 Å². The summed E-state index contributed by atoms with van der Waals surface area (Å²) >= 11 is 0. The summed E-state index contributed by atoms with van der Waals surface area (Å²) in [5.41, 5.74) is 2.17. The third kappa shape index (κ3) is 5.27. The number of nitrogens with one attached hydrogen (secondary N) is 1. The van der Waals surface area contributed by atoms with E-state index in [1.807, 2.05) is 23.5 Å². The van der Waals surface area contributed by atoms with Crippen LogP contribution in [-0.4, -0.2) is 24.5 Å². The Balaban J connectivity index is 2.08. The van der Waals surface area contributed by atoms with E-state index in [1.54, 1.807) is 6.92 Å². The molecule has 0 fully saturated rings. The Hall–Kier alpha value is -2.93. The Kier molecular flexibility index (Phi) is 6.90. The number of aryl methyl sites for hydroxylation is 1. The monoisotopic (exact) mass is 372 g/mol. The molecule has 2 aromatic rings. The first-order valence-corrected chi connectivity index (χ1v) is 8.84. The molecule has 7 nitrogen and oxygen atoms in total. The second-order valence-electron chi connectivity index (χ2n) is 6.76. The molecule has 0 aliphatic carbocycles. The standard InChI is InChI=1S/C20H25N3O4/c1-13(2)20(15-8-6-5-7-9-15)21-12-19(24)22-16-11-18(27-4)17(23(25)26)10-14(16)3/h5-11,13,20-21H,12H2,1-4H3,(H,22,24)/p+1/t20-/m0/s1. The van der Waals surface area contributed by atoms with Crippen molar-refractivity contribution in [3.05, 3.63) is 63.7 Å². The molecule has 0 spiro atoms. The number of carbonyl (C=O) groups is 1. The zero-order valence-electron chi connectivity index (χ0n) is 16.1. The third-order valence-electron chi connectivity index (χ3n) is 4.46.